The van der Waals surface area contributed by atoms with Gasteiger partial charge < -0.3 is 14.9 Å². The summed E-state index contributed by atoms with van der Waals surface area (Å²) in [4.78, 5) is 2.14. The van der Waals surface area contributed by atoms with Gasteiger partial charge in [-0.2, -0.15) is 17.5 Å². The molecule has 13 heteroatoms. The van der Waals surface area contributed by atoms with Gasteiger partial charge in [0.05, 0.1) is 30.2 Å². The minimum atomic E-state index is -5.02. The zero-order valence-electron chi connectivity index (χ0n) is 16.0. The molecule has 2 N–H and O–H groups in total. The number of nitrogens with zero attached hydrogens (tertiary/aromatic N) is 2. The van der Waals surface area contributed by atoms with Crippen molar-refractivity contribution in [2.45, 2.75) is 22.8 Å². The van der Waals surface area contributed by atoms with Crippen molar-refractivity contribution in [1.29, 1.82) is 0 Å². The predicted molar refractivity (Wildman–Crippen MR) is 99.3 cm³/mol. The van der Waals surface area contributed by atoms with Gasteiger partial charge in [-0.15, -0.1) is 0 Å². The molecule has 7 nitrogen and oxygen atoms in total. The van der Waals surface area contributed by atoms with Gasteiger partial charge in [0, 0.05) is 12.6 Å². The van der Waals surface area contributed by atoms with E-state index in [0.717, 1.165) is 12.1 Å². The fourth-order valence-corrected chi connectivity index (χ4v) is 4.68. The summed E-state index contributed by atoms with van der Waals surface area (Å²) >= 11 is 0. The lowest BCUT2D eigenvalue weighted by Crippen LogP contribution is -2.48. The molecule has 172 valence electrons. The molecule has 0 unspecified atom stereocenters. The number of hydrogen-bond acceptors (Lipinski definition) is 5. The Labute approximate surface area is 179 Å². The highest BCUT2D eigenvalue weighted by molar-refractivity contribution is 7.89. The van der Waals surface area contributed by atoms with Crippen LogP contribution in [0.1, 0.15) is 5.56 Å². The van der Waals surface area contributed by atoms with E-state index >= 15 is 0 Å². The van der Waals surface area contributed by atoms with E-state index in [1.165, 1.54) is 6.07 Å². The number of aliphatic hydroxyl groups excluding tert-OH is 1. The van der Waals surface area contributed by atoms with Crippen LogP contribution in [0.2, 0.25) is 0 Å². The summed E-state index contributed by atoms with van der Waals surface area (Å²) < 4.78 is 97.6. The van der Waals surface area contributed by atoms with E-state index in [0.29, 0.717) is 10.4 Å². The number of sulfonamides is 1. The summed E-state index contributed by atoms with van der Waals surface area (Å²) in [5.74, 6) is -2.88. The third kappa shape index (κ3) is 4.40. The van der Waals surface area contributed by atoms with E-state index in [-0.39, 0.29) is 23.6 Å². The van der Waals surface area contributed by atoms with Crippen molar-refractivity contribution >= 4 is 15.7 Å². The number of aliphatic hydroxyl groups is 2. The first kappa shape index (κ1) is 23.9. The quantitative estimate of drug-likeness (QED) is 0.510. The molecule has 1 fully saturated rings. The second kappa shape index (κ2) is 8.28. The Balaban J connectivity index is 1.89. The van der Waals surface area contributed by atoms with Crippen molar-refractivity contribution in [2.75, 3.05) is 19.7 Å². The monoisotopic (exact) mass is 478 g/mol. The maximum absolute atomic E-state index is 13.9. The largest absolute Gasteiger partial charge is 0.486 e. The fourth-order valence-electron chi connectivity index (χ4n) is 3.16. The summed E-state index contributed by atoms with van der Waals surface area (Å²) in [6, 6.07) is 4.22. The van der Waals surface area contributed by atoms with Gasteiger partial charge in [0.15, 0.2) is 0 Å². The summed E-state index contributed by atoms with van der Waals surface area (Å²) in [6.07, 6.45) is -6.42. The van der Waals surface area contributed by atoms with Gasteiger partial charge >= 0.3 is 6.18 Å². The van der Waals surface area contributed by atoms with Crippen molar-refractivity contribution in [3.63, 3.8) is 0 Å². The molecule has 2 aromatic carbocycles. The smallest absolute Gasteiger partial charge is 0.419 e. The Kier molecular flexibility index (Phi) is 6.18. The molecule has 0 bridgehead atoms. The van der Waals surface area contributed by atoms with Crippen LogP contribution in [0, 0.1) is 18.2 Å². The molecule has 1 heterocycles. The molecule has 1 aliphatic rings. The van der Waals surface area contributed by atoms with Gasteiger partial charge in [-0.3, -0.25) is 0 Å². The topological polar surface area (TPSA) is 91.4 Å². The van der Waals surface area contributed by atoms with E-state index in [1.54, 1.807) is 0 Å². The van der Waals surface area contributed by atoms with Gasteiger partial charge in [-0.05, 0) is 30.3 Å². The molecule has 32 heavy (non-hydrogen) atoms. The van der Waals surface area contributed by atoms with Crippen LogP contribution in [0.25, 0.3) is 4.85 Å². The van der Waals surface area contributed by atoms with Crippen LogP contribution in [0.5, 0.6) is 5.75 Å². The Hall–Kier alpha value is -2.79. The first-order valence-electron chi connectivity index (χ1n) is 8.85. The van der Waals surface area contributed by atoms with E-state index < -0.39 is 69.7 Å². The first-order chi connectivity index (χ1) is 14.8. The lowest BCUT2D eigenvalue weighted by Gasteiger charge is -2.27. The Morgan fingerprint density at radius 3 is 2.41 bits per heavy atom. The van der Waals surface area contributed by atoms with Gasteiger partial charge in [0.1, 0.15) is 29.1 Å². The van der Waals surface area contributed by atoms with Crippen LogP contribution in [-0.4, -0.2) is 54.3 Å². The van der Waals surface area contributed by atoms with Crippen LogP contribution >= 0.6 is 0 Å². The van der Waals surface area contributed by atoms with E-state index in [1.807, 2.05) is 0 Å². The van der Waals surface area contributed by atoms with Crippen molar-refractivity contribution in [1.82, 2.24) is 4.31 Å². The maximum atomic E-state index is 13.9. The molecule has 0 radical (unpaired) electrons. The molecule has 3 rings (SSSR count). The maximum Gasteiger partial charge on any atom is 0.419 e. The third-order valence-electron chi connectivity index (χ3n) is 4.89. The Bertz CT molecular complexity index is 1180. The molecule has 0 amide bonds. The standard InChI is InChI=1S/C19H15F5N2O5S/c1-25-16-5-2-11(6-15(16)21)31-17-8-26(9-18(17,28)10-27)32(29,30)12-3-4-13(14(20)7-12)19(22,23)24/h2-7,17,27-28H,8-10H2/t17-,18+/m0/s1. The van der Waals surface area contributed by atoms with E-state index in [9.17, 15) is 40.6 Å². The van der Waals surface area contributed by atoms with Gasteiger partial charge in [-0.25, -0.2) is 22.0 Å². The molecule has 0 aromatic heterocycles. The zero-order valence-corrected chi connectivity index (χ0v) is 16.8. The van der Waals surface area contributed by atoms with Crippen LogP contribution < -0.4 is 4.74 Å². The summed E-state index contributed by atoms with van der Waals surface area (Å²) in [5, 5.41) is 20.2. The first-order valence-corrected chi connectivity index (χ1v) is 10.3. The minimum Gasteiger partial charge on any atom is -0.486 e. The Morgan fingerprint density at radius 2 is 1.88 bits per heavy atom. The number of halogens is 5. The third-order valence-corrected chi connectivity index (χ3v) is 6.70. The predicted octanol–water partition coefficient (Wildman–Crippen LogP) is 2.71. The van der Waals surface area contributed by atoms with Crippen molar-refractivity contribution in [3.05, 3.63) is 65.0 Å². The highest BCUT2D eigenvalue weighted by Gasteiger charge is 2.51. The highest BCUT2D eigenvalue weighted by Crippen LogP contribution is 2.35. The summed E-state index contributed by atoms with van der Waals surface area (Å²) in [7, 11) is -4.59. The molecule has 0 aliphatic carbocycles. The molecule has 1 aliphatic heterocycles. The summed E-state index contributed by atoms with van der Waals surface area (Å²) in [5.41, 5.74) is -4.09. The van der Waals surface area contributed by atoms with Crippen LogP contribution in [0.4, 0.5) is 27.6 Å². The number of hydrogen-bond donors (Lipinski definition) is 2. The van der Waals surface area contributed by atoms with Gasteiger partial charge in [-0.1, -0.05) is 0 Å². The molecule has 2 aromatic rings. The van der Waals surface area contributed by atoms with Crippen molar-refractivity contribution in [2.24, 2.45) is 0 Å². The van der Waals surface area contributed by atoms with E-state index in [4.69, 9.17) is 11.3 Å². The van der Waals surface area contributed by atoms with Crippen molar-refractivity contribution in [3.8, 4) is 5.75 Å². The lowest BCUT2D eigenvalue weighted by molar-refractivity contribution is -0.140. The molecule has 2 atom stereocenters. The average molecular weight is 478 g/mol. The zero-order chi connectivity index (χ0) is 23.9. The lowest BCUT2D eigenvalue weighted by atomic mass is 10.0. The van der Waals surface area contributed by atoms with Gasteiger partial charge in [0.2, 0.25) is 15.7 Å². The van der Waals surface area contributed by atoms with E-state index in [2.05, 4.69) is 4.85 Å². The van der Waals surface area contributed by atoms with Gasteiger partial charge in [0.25, 0.3) is 0 Å². The van der Waals surface area contributed by atoms with Crippen molar-refractivity contribution < 1.29 is 45.3 Å². The SMILES string of the molecule is [C-]#[N+]c1ccc(O[C@H]2CN(S(=O)(=O)c3ccc(C(F)(F)F)c(F)c3)C[C@@]2(O)CO)cc1F. The Morgan fingerprint density at radius 1 is 1.19 bits per heavy atom. The molecule has 1 saturated heterocycles. The number of rotatable bonds is 5. The number of alkyl halides is 3. The number of β-amino-alcohol motifs (C(OH)–C–C–N with tert-alkyl or cyclic N) is 1. The number of benzene rings is 2. The molecular formula is C19H15F5N2O5S. The summed E-state index contributed by atoms with van der Waals surface area (Å²) in [6.45, 7) is 4.56. The normalized spacial score (nSPS) is 22.0. The minimum absolute atomic E-state index is 0.161. The molecule has 0 spiro atoms. The van der Waals surface area contributed by atoms with Crippen LogP contribution in [0.15, 0.2) is 41.3 Å². The average Bonchev–Trinajstić information content (AvgIpc) is 3.05. The highest BCUT2D eigenvalue weighted by atomic mass is 32.2. The van der Waals surface area contributed by atoms with Crippen LogP contribution in [0.3, 0.4) is 0 Å². The second-order valence-corrected chi connectivity index (χ2v) is 8.97. The number of ether oxygens (including phenoxy) is 1. The molecule has 0 saturated carbocycles. The fraction of sp³-hybridized carbons (Fsp3) is 0.316. The second-order valence-electron chi connectivity index (χ2n) is 7.03. The molecular weight excluding hydrogens is 463 g/mol. The van der Waals surface area contributed by atoms with Crippen LogP contribution in [-0.2, 0) is 16.2 Å².